The van der Waals surface area contributed by atoms with Crippen molar-refractivity contribution in [2.24, 2.45) is 0 Å². The van der Waals surface area contributed by atoms with E-state index >= 15 is 0 Å². The van der Waals surface area contributed by atoms with Gasteiger partial charge in [0.25, 0.3) is 0 Å². The van der Waals surface area contributed by atoms with Crippen molar-refractivity contribution in [3.05, 3.63) is 65.2 Å². The van der Waals surface area contributed by atoms with Gasteiger partial charge in [-0.25, -0.2) is 9.37 Å². The van der Waals surface area contributed by atoms with Crippen LogP contribution in [0, 0.1) is 5.82 Å². The van der Waals surface area contributed by atoms with E-state index in [9.17, 15) is 9.50 Å². The number of fused-ring (bicyclic) bond motifs is 1. The summed E-state index contributed by atoms with van der Waals surface area (Å²) in [5, 5.41) is 9.52. The highest BCUT2D eigenvalue weighted by atomic mass is 19.1. The zero-order valence-corrected chi connectivity index (χ0v) is 11.9. The molecule has 108 valence electrons. The van der Waals surface area contributed by atoms with Crippen LogP contribution in [0.15, 0.2) is 42.5 Å². The lowest BCUT2D eigenvalue weighted by Gasteiger charge is -2.09. The van der Waals surface area contributed by atoms with Crippen molar-refractivity contribution in [1.29, 1.82) is 0 Å². The Morgan fingerprint density at radius 1 is 1.19 bits per heavy atom. The van der Waals surface area contributed by atoms with Crippen molar-refractivity contribution in [2.45, 2.75) is 26.5 Å². The second-order valence-electron chi connectivity index (χ2n) is 5.04. The van der Waals surface area contributed by atoms with Gasteiger partial charge in [0.05, 0.1) is 17.6 Å². The fourth-order valence-electron chi connectivity index (χ4n) is 2.54. The molecule has 0 saturated carbocycles. The zero-order chi connectivity index (χ0) is 14.8. The second-order valence-corrected chi connectivity index (χ2v) is 5.04. The largest absolute Gasteiger partial charge is 0.388 e. The van der Waals surface area contributed by atoms with Crippen LogP contribution < -0.4 is 0 Å². The average Bonchev–Trinajstić information content (AvgIpc) is 2.86. The van der Waals surface area contributed by atoms with Gasteiger partial charge >= 0.3 is 0 Å². The average molecular weight is 284 g/mol. The molecule has 0 saturated heterocycles. The summed E-state index contributed by atoms with van der Waals surface area (Å²) in [7, 11) is 0. The molecule has 4 heteroatoms. The van der Waals surface area contributed by atoms with Gasteiger partial charge in [0.2, 0.25) is 0 Å². The van der Waals surface area contributed by atoms with Gasteiger partial charge in [-0.05, 0) is 30.2 Å². The van der Waals surface area contributed by atoms with Crippen molar-refractivity contribution in [3.63, 3.8) is 0 Å². The van der Waals surface area contributed by atoms with Gasteiger partial charge in [-0.3, -0.25) is 0 Å². The molecule has 3 nitrogen and oxygen atoms in total. The Morgan fingerprint density at radius 2 is 2.00 bits per heavy atom. The predicted octanol–water partition coefficient (Wildman–Crippen LogP) is 3.28. The number of rotatable bonds is 4. The van der Waals surface area contributed by atoms with Crippen LogP contribution in [0.5, 0.6) is 0 Å². The lowest BCUT2D eigenvalue weighted by molar-refractivity contribution is 0.267. The number of hydrogen-bond acceptors (Lipinski definition) is 2. The molecular formula is C17H17FN2O. The molecule has 0 unspecified atom stereocenters. The Bertz CT molecular complexity index is 780. The van der Waals surface area contributed by atoms with Crippen LogP contribution in [0.3, 0.4) is 0 Å². The minimum Gasteiger partial charge on any atom is -0.388 e. The molecule has 0 aliphatic carbocycles. The number of aliphatic hydroxyl groups is 1. The predicted molar refractivity (Wildman–Crippen MR) is 80.5 cm³/mol. The molecule has 0 aliphatic heterocycles. The molecule has 0 fully saturated rings. The van der Waals surface area contributed by atoms with Gasteiger partial charge in [-0.1, -0.05) is 31.2 Å². The SMILES string of the molecule is CCc1ccc2c(c1)nc(CO)n2Cc1ccccc1F. The number of nitrogens with zero attached hydrogens (tertiary/aromatic N) is 2. The lowest BCUT2D eigenvalue weighted by Crippen LogP contribution is -2.06. The highest BCUT2D eigenvalue weighted by Crippen LogP contribution is 2.21. The first-order chi connectivity index (χ1) is 10.2. The molecule has 1 heterocycles. The van der Waals surface area contributed by atoms with Crippen LogP contribution in [0.2, 0.25) is 0 Å². The topological polar surface area (TPSA) is 38.1 Å². The van der Waals surface area contributed by atoms with E-state index in [4.69, 9.17) is 0 Å². The van der Waals surface area contributed by atoms with E-state index in [0.717, 1.165) is 17.5 Å². The summed E-state index contributed by atoms with van der Waals surface area (Å²) in [5.41, 5.74) is 3.54. The number of imidazole rings is 1. The molecule has 2 aromatic carbocycles. The van der Waals surface area contributed by atoms with Crippen LogP contribution >= 0.6 is 0 Å². The normalized spacial score (nSPS) is 11.2. The molecular weight excluding hydrogens is 267 g/mol. The third-order valence-corrected chi connectivity index (χ3v) is 3.73. The molecule has 0 bridgehead atoms. The number of aromatic nitrogens is 2. The van der Waals surface area contributed by atoms with Crippen molar-refractivity contribution in [3.8, 4) is 0 Å². The Kier molecular flexibility index (Phi) is 3.71. The maximum absolute atomic E-state index is 13.8. The van der Waals surface area contributed by atoms with Crippen molar-refractivity contribution >= 4 is 11.0 Å². The van der Waals surface area contributed by atoms with Gasteiger partial charge < -0.3 is 9.67 Å². The van der Waals surface area contributed by atoms with Gasteiger partial charge in [0.15, 0.2) is 0 Å². The minimum absolute atomic E-state index is 0.162. The summed E-state index contributed by atoms with van der Waals surface area (Å²) in [6, 6.07) is 12.7. The Morgan fingerprint density at radius 3 is 2.71 bits per heavy atom. The third kappa shape index (κ3) is 2.54. The van der Waals surface area contributed by atoms with Gasteiger partial charge in [-0.2, -0.15) is 0 Å². The Balaban J connectivity index is 2.10. The monoisotopic (exact) mass is 284 g/mol. The Labute approximate surface area is 122 Å². The molecule has 0 amide bonds. The number of hydrogen-bond donors (Lipinski definition) is 1. The van der Waals surface area contributed by atoms with E-state index in [1.807, 2.05) is 28.8 Å². The molecule has 0 spiro atoms. The van der Waals surface area contributed by atoms with E-state index in [1.165, 1.54) is 11.6 Å². The van der Waals surface area contributed by atoms with Crippen molar-refractivity contribution in [2.75, 3.05) is 0 Å². The standard InChI is InChI=1S/C17H17FN2O/c1-2-12-7-8-16-15(9-12)19-17(11-21)20(16)10-13-5-3-4-6-14(13)18/h3-9,21H,2,10-11H2,1H3. The summed E-state index contributed by atoms with van der Waals surface area (Å²) in [4.78, 5) is 4.46. The number of aryl methyl sites for hydroxylation is 1. The number of benzene rings is 2. The van der Waals surface area contributed by atoms with Crippen LogP contribution in [-0.4, -0.2) is 14.7 Å². The fourth-order valence-corrected chi connectivity index (χ4v) is 2.54. The highest BCUT2D eigenvalue weighted by molar-refractivity contribution is 5.77. The van der Waals surface area contributed by atoms with Crippen molar-refractivity contribution in [1.82, 2.24) is 9.55 Å². The molecule has 0 aliphatic rings. The number of aliphatic hydroxyl groups excluding tert-OH is 1. The van der Waals surface area contributed by atoms with E-state index in [-0.39, 0.29) is 12.4 Å². The zero-order valence-electron chi connectivity index (χ0n) is 11.9. The first-order valence-electron chi connectivity index (χ1n) is 7.05. The van der Waals surface area contributed by atoms with E-state index < -0.39 is 0 Å². The van der Waals surface area contributed by atoms with Crippen LogP contribution in [0.1, 0.15) is 23.9 Å². The quantitative estimate of drug-likeness (QED) is 0.798. The molecule has 0 radical (unpaired) electrons. The van der Waals surface area contributed by atoms with Crippen molar-refractivity contribution < 1.29 is 9.50 Å². The third-order valence-electron chi connectivity index (χ3n) is 3.73. The molecule has 1 aromatic heterocycles. The second kappa shape index (κ2) is 5.66. The summed E-state index contributed by atoms with van der Waals surface area (Å²) in [6.07, 6.45) is 0.935. The summed E-state index contributed by atoms with van der Waals surface area (Å²) >= 11 is 0. The maximum atomic E-state index is 13.8. The lowest BCUT2D eigenvalue weighted by atomic mass is 10.1. The van der Waals surface area contributed by atoms with Gasteiger partial charge in [-0.15, -0.1) is 0 Å². The fraction of sp³-hybridized carbons (Fsp3) is 0.235. The maximum Gasteiger partial charge on any atom is 0.136 e. The van der Waals surface area contributed by atoms with Crippen LogP contribution in [-0.2, 0) is 19.6 Å². The van der Waals surface area contributed by atoms with E-state index in [0.29, 0.717) is 17.9 Å². The van der Waals surface area contributed by atoms with Gasteiger partial charge in [0.1, 0.15) is 18.2 Å². The molecule has 21 heavy (non-hydrogen) atoms. The van der Waals surface area contributed by atoms with Crippen LogP contribution in [0.25, 0.3) is 11.0 Å². The molecule has 0 atom stereocenters. The molecule has 3 aromatic rings. The van der Waals surface area contributed by atoms with Gasteiger partial charge in [0, 0.05) is 5.56 Å². The van der Waals surface area contributed by atoms with E-state index in [2.05, 4.69) is 11.9 Å². The highest BCUT2D eigenvalue weighted by Gasteiger charge is 2.12. The van der Waals surface area contributed by atoms with Crippen LogP contribution in [0.4, 0.5) is 4.39 Å². The summed E-state index contributed by atoms with van der Waals surface area (Å²) in [6.45, 7) is 2.29. The minimum atomic E-state index is -0.242. The van der Waals surface area contributed by atoms with E-state index in [1.54, 1.807) is 12.1 Å². The first-order valence-corrected chi connectivity index (χ1v) is 7.05. The summed E-state index contributed by atoms with van der Waals surface area (Å²) < 4.78 is 15.7. The first kappa shape index (κ1) is 13.8. The Hall–Kier alpha value is -2.20. The number of halogens is 1. The molecule has 3 rings (SSSR count). The molecule has 1 N–H and O–H groups in total. The summed E-state index contributed by atoms with van der Waals surface area (Å²) in [5.74, 6) is 0.315. The smallest absolute Gasteiger partial charge is 0.136 e.